The molecule has 2 saturated heterocycles. The first kappa shape index (κ1) is 10.9. The van der Waals surface area contributed by atoms with Crippen molar-refractivity contribution in [2.75, 3.05) is 37.7 Å². The fourth-order valence-electron chi connectivity index (χ4n) is 2.17. The minimum Gasteiger partial charge on any atom is -0.392 e. The summed E-state index contributed by atoms with van der Waals surface area (Å²) in [6.45, 7) is 3.56. The standard InChI is InChI=1S/C10H16N4O3/c15-7-5-8(11-6-7)9-12-10(13-17-9)14-1-3-16-4-2-14/h7-8,11,15H,1-6H2/t7-,8+/m1/s1. The lowest BCUT2D eigenvalue weighted by Gasteiger charge is -2.24. The molecule has 17 heavy (non-hydrogen) atoms. The van der Waals surface area contributed by atoms with Gasteiger partial charge in [-0.25, -0.2) is 0 Å². The number of rotatable bonds is 2. The number of anilines is 1. The van der Waals surface area contributed by atoms with Gasteiger partial charge in [0.05, 0.1) is 25.4 Å². The minimum absolute atomic E-state index is 0.0210. The van der Waals surface area contributed by atoms with Crippen molar-refractivity contribution < 1.29 is 14.4 Å². The molecule has 7 heteroatoms. The van der Waals surface area contributed by atoms with E-state index in [1.54, 1.807) is 0 Å². The monoisotopic (exact) mass is 240 g/mol. The van der Waals surface area contributed by atoms with Gasteiger partial charge in [0.1, 0.15) is 0 Å². The third-order valence-electron chi connectivity index (χ3n) is 3.13. The van der Waals surface area contributed by atoms with Crippen LogP contribution in [0.1, 0.15) is 18.4 Å². The van der Waals surface area contributed by atoms with Gasteiger partial charge in [0, 0.05) is 19.6 Å². The molecule has 2 N–H and O–H groups in total. The second-order valence-corrected chi connectivity index (χ2v) is 4.38. The number of aliphatic hydroxyl groups excluding tert-OH is 1. The summed E-state index contributed by atoms with van der Waals surface area (Å²) >= 11 is 0. The van der Waals surface area contributed by atoms with Gasteiger partial charge in [0.2, 0.25) is 5.89 Å². The molecule has 1 aromatic rings. The molecule has 0 saturated carbocycles. The van der Waals surface area contributed by atoms with Crippen LogP contribution in [0.4, 0.5) is 5.95 Å². The highest BCUT2D eigenvalue weighted by Crippen LogP contribution is 2.23. The van der Waals surface area contributed by atoms with Crippen molar-refractivity contribution >= 4 is 5.95 Å². The molecule has 2 aliphatic heterocycles. The number of ether oxygens (including phenoxy) is 1. The summed E-state index contributed by atoms with van der Waals surface area (Å²) in [5.74, 6) is 1.18. The lowest BCUT2D eigenvalue weighted by atomic mass is 10.2. The summed E-state index contributed by atoms with van der Waals surface area (Å²) in [5.41, 5.74) is 0. The number of aromatic nitrogens is 2. The Labute approximate surface area is 98.7 Å². The van der Waals surface area contributed by atoms with Crippen LogP contribution in [-0.2, 0) is 4.74 Å². The van der Waals surface area contributed by atoms with Gasteiger partial charge in [-0.05, 0) is 11.6 Å². The van der Waals surface area contributed by atoms with Crippen molar-refractivity contribution in [2.45, 2.75) is 18.6 Å². The smallest absolute Gasteiger partial charge is 0.266 e. The maximum Gasteiger partial charge on any atom is 0.266 e. The molecule has 0 radical (unpaired) electrons. The normalized spacial score (nSPS) is 29.8. The van der Waals surface area contributed by atoms with E-state index in [1.165, 1.54) is 0 Å². The summed E-state index contributed by atoms with van der Waals surface area (Å²) in [6, 6.07) is -0.0210. The molecule has 0 spiro atoms. The molecule has 3 rings (SSSR count). The number of hydrogen-bond acceptors (Lipinski definition) is 7. The molecule has 2 fully saturated rings. The second kappa shape index (κ2) is 4.59. The molecular weight excluding hydrogens is 224 g/mol. The first-order valence-corrected chi connectivity index (χ1v) is 5.90. The fraction of sp³-hybridized carbons (Fsp3) is 0.800. The highest BCUT2D eigenvalue weighted by atomic mass is 16.5. The number of aliphatic hydroxyl groups is 1. The van der Waals surface area contributed by atoms with Gasteiger partial charge < -0.3 is 24.6 Å². The van der Waals surface area contributed by atoms with Crippen molar-refractivity contribution in [1.29, 1.82) is 0 Å². The molecular formula is C10H16N4O3. The topological polar surface area (TPSA) is 83.7 Å². The van der Waals surface area contributed by atoms with E-state index in [0.717, 1.165) is 13.1 Å². The highest BCUT2D eigenvalue weighted by Gasteiger charge is 2.29. The molecule has 1 aromatic heterocycles. The zero-order valence-electron chi connectivity index (χ0n) is 9.50. The number of nitrogens with one attached hydrogen (secondary N) is 1. The van der Waals surface area contributed by atoms with Crippen LogP contribution in [0.15, 0.2) is 4.52 Å². The molecule has 0 aliphatic carbocycles. The first-order valence-electron chi connectivity index (χ1n) is 5.90. The van der Waals surface area contributed by atoms with Gasteiger partial charge in [-0.1, -0.05) is 0 Å². The van der Waals surface area contributed by atoms with Crippen LogP contribution < -0.4 is 10.2 Å². The van der Waals surface area contributed by atoms with Crippen LogP contribution in [0.25, 0.3) is 0 Å². The van der Waals surface area contributed by atoms with Gasteiger partial charge in [0.25, 0.3) is 5.95 Å². The number of hydrogen-bond donors (Lipinski definition) is 2. The Morgan fingerprint density at radius 2 is 2.18 bits per heavy atom. The molecule has 0 bridgehead atoms. The Morgan fingerprint density at radius 3 is 2.88 bits per heavy atom. The fourth-order valence-corrected chi connectivity index (χ4v) is 2.17. The van der Waals surface area contributed by atoms with Gasteiger partial charge in [-0.2, -0.15) is 4.98 Å². The lowest BCUT2D eigenvalue weighted by molar-refractivity contribution is 0.121. The summed E-state index contributed by atoms with van der Waals surface area (Å²) in [6.07, 6.45) is 0.309. The third kappa shape index (κ3) is 2.26. The Morgan fingerprint density at radius 1 is 1.35 bits per heavy atom. The average molecular weight is 240 g/mol. The van der Waals surface area contributed by atoms with Crippen LogP contribution in [0.2, 0.25) is 0 Å². The molecule has 7 nitrogen and oxygen atoms in total. The predicted molar refractivity (Wildman–Crippen MR) is 58.7 cm³/mol. The Kier molecular flexibility index (Phi) is 2.96. The summed E-state index contributed by atoms with van der Waals surface area (Å²) < 4.78 is 10.5. The van der Waals surface area contributed by atoms with E-state index in [9.17, 15) is 5.11 Å². The Hall–Kier alpha value is -1.18. The second-order valence-electron chi connectivity index (χ2n) is 4.38. The zero-order chi connectivity index (χ0) is 11.7. The van der Waals surface area contributed by atoms with E-state index < -0.39 is 0 Å². The molecule has 0 aromatic carbocycles. The Balaban J connectivity index is 1.69. The van der Waals surface area contributed by atoms with E-state index in [-0.39, 0.29) is 12.1 Å². The SMILES string of the molecule is O[C@H]1CN[C@H](c2nc(N3CCOCC3)no2)C1. The number of nitrogens with zero attached hydrogens (tertiary/aromatic N) is 3. The molecule has 2 aliphatic rings. The van der Waals surface area contributed by atoms with E-state index in [0.29, 0.717) is 38.0 Å². The molecule has 0 amide bonds. The van der Waals surface area contributed by atoms with E-state index in [1.807, 2.05) is 4.90 Å². The first-order chi connectivity index (χ1) is 8.33. The largest absolute Gasteiger partial charge is 0.392 e. The number of morpholine rings is 1. The zero-order valence-corrected chi connectivity index (χ0v) is 9.50. The van der Waals surface area contributed by atoms with E-state index in [2.05, 4.69) is 15.5 Å². The van der Waals surface area contributed by atoms with Gasteiger partial charge in [0.15, 0.2) is 0 Å². The molecule has 94 valence electrons. The van der Waals surface area contributed by atoms with Gasteiger partial charge >= 0.3 is 0 Å². The summed E-state index contributed by atoms with van der Waals surface area (Å²) in [7, 11) is 0. The maximum atomic E-state index is 9.44. The summed E-state index contributed by atoms with van der Waals surface area (Å²) in [4.78, 5) is 6.41. The molecule has 2 atom stereocenters. The quantitative estimate of drug-likeness (QED) is 0.707. The molecule has 0 unspecified atom stereocenters. The average Bonchev–Trinajstić information content (AvgIpc) is 2.98. The van der Waals surface area contributed by atoms with Crippen LogP contribution in [-0.4, -0.2) is 54.2 Å². The van der Waals surface area contributed by atoms with Crippen LogP contribution >= 0.6 is 0 Å². The summed E-state index contributed by atoms with van der Waals surface area (Å²) in [5, 5.41) is 16.6. The molecule has 3 heterocycles. The van der Waals surface area contributed by atoms with Crippen molar-refractivity contribution in [3.8, 4) is 0 Å². The maximum absolute atomic E-state index is 9.44. The van der Waals surface area contributed by atoms with Gasteiger partial charge in [-0.3, -0.25) is 0 Å². The third-order valence-corrected chi connectivity index (χ3v) is 3.13. The van der Waals surface area contributed by atoms with Crippen LogP contribution in [0.5, 0.6) is 0 Å². The van der Waals surface area contributed by atoms with Gasteiger partial charge in [-0.15, -0.1) is 0 Å². The van der Waals surface area contributed by atoms with Crippen LogP contribution in [0, 0.1) is 0 Å². The lowest BCUT2D eigenvalue weighted by Crippen LogP contribution is -2.36. The van der Waals surface area contributed by atoms with E-state index in [4.69, 9.17) is 9.26 Å². The van der Waals surface area contributed by atoms with E-state index >= 15 is 0 Å². The van der Waals surface area contributed by atoms with Crippen molar-refractivity contribution in [3.63, 3.8) is 0 Å². The van der Waals surface area contributed by atoms with Crippen molar-refractivity contribution in [1.82, 2.24) is 15.5 Å². The van der Waals surface area contributed by atoms with Crippen molar-refractivity contribution in [3.05, 3.63) is 5.89 Å². The Bertz CT molecular complexity index is 358. The van der Waals surface area contributed by atoms with Crippen molar-refractivity contribution in [2.24, 2.45) is 0 Å². The highest BCUT2D eigenvalue weighted by molar-refractivity contribution is 5.28. The number of β-amino-alcohol motifs (C(OH)–C–C–N with tert-alkyl or cyclic N) is 1. The van der Waals surface area contributed by atoms with Crippen LogP contribution in [0.3, 0.4) is 0 Å². The predicted octanol–water partition coefficient (Wildman–Crippen LogP) is -0.698. The minimum atomic E-state index is -0.321.